The zero-order chi connectivity index (χ0) is 20.2. The zero-order valence-corrected chi connectivity index (χ0v) is 18.4. The van der Waals surface area contributed by atoms with Gasteiger partial charge in [-0.05, 0) is 61.1 Å². The van der Waals surface area contributed by atoms with E-state index in [2.05, 4.69) is 32.0 Å². The minimum Gasteiger partial charge on any atom is -0.481 e. The fourth-order valence-corrected chi connectivity index (χ4v) is 5.22. The van der Waals surface area contributed by atoms with Crippen molar-refractivity contribution >= 4 is 5.97 Å². The lowest BCUT2D eigenvalue weighted by molar-refractivity contribution is -0.137. The van der Waals surface area contributed by atoms with Crippen molar-refractivity contribution in [3.05, 3.63) is 34.9 Å². The fraction of sp³-hybridized carbons (Fsp3) is 0.731. The number of carboxylic acids is 1. The van der Waals surface area contributed by atoms with Gasteiger partial charge in [0, 0.05) is 6.42 Å². The van der Waals surface area contributed by atoms with Gasteiger partial charge in [-0.2, -0.15) is 0 Å². The van der Waals surface area contributed by atoms with Crippen molar-refractivity contribution in [2.24, 2.45) is 0 Å². The number of hydrogen-bond acceptors (Lipinski definition) is 1. The highest BCUT2D eigenvalue weighted by molar-refractivity contribution is 5.66. The second-order valence-corrected chi connectivity index (χ2v) is 9.11. The molecule has 1 aliphatic rings. The van der Waals surface area contributed by atoms with Crippen LogP contribution in [0.25, 0.3) is 0 Å². The molecule has 2 nitrogen and oxygen atoms in total. The quantitative estimate of drug-likeness (QED) is 0.352. The number of carbonyl (C=O) groups is 1. The summed E-state index contributed by atoms with van der Waals surface area (Å²) in [5, 5.41) is 8.86. The van der Waals surface area contributed by atoms with E-state index in [4.69, 9.17) is 5.11 Å². The van der Waals surface area contributed by atoms with Crippen LogP contribution in [-0.4, -0.2) is 11.1 Å². The number of carboxylic acid groups (broad SMARTS) is 1. The summed E-state index contributed by atoms with van der Waals surface area (Å²) in [4.78, 5) is 10.8. The first-order valence-electron chi connectivity index (χ1n) is 11.9. The summed E-state index contributed by atoms with van der Waals surface area (Å²) in [6.45, 7) is 4.56. The summed E-state index contributed by atoms with van der Waals surface area (Å²) >= 11 is 0. The van der Waals surface area contributed by atoms with Gasteiger partial charge in [0.2, 0.25) is 0 Å². The Hall–Kier alpha value is -1.31. The van der Waals surface area contributed by atoms with E-state index in [-0.39, 0.29) is 6.42 Å². The molecule has 0 spiro atoms. The largest absolute Gasteiger partial charge is 0.481 e. The molecule has 1 aromatic carbocycles. The molecule has 0 atom stereocenters. The number of aryl methyl sites for hydroxylation is 2. The number of benzene rings is 1. The van der Waals surface area contributed by atoms with Crippen molar-refractivity contribution in [3.63, 3.8) is 0 Å². The topological polar surface area (TPSA) is 37.3 Å². The first-order valence-corrected chi connectivity index (χ1v) is 11.9. The van der Waals surface area contributed by atoms with Gasteiger partial charge < -0.3 is 5.11 Å². The molecule has 0 radical (unpaired) electrons. The van der Waals surface area contributed by atoms with Crippen LogP contribution < -0.4 is 0 Å². The van der Waals surface area contributed by atoms with Crippen LogP contribution in [0.1, 0.15) is 120 Å². The van der Waals surface area contributed by atoms with Gasteiger partial charge in [-0.25, -0.2) is 0 Å². The van der Waals surface area contributed by atoms with Crippen molar-refractivity contribution < 1.29 is 9.90 Å². The Bertz CT molecular complexity index is 584. The lowest BCUT2D eigenvalue weighted by Gasteiger charge is -2.39. The van der Waals surface area contributed by atoms with Gasteiger partial charge in [0.15, 0.2) is 0 Å². The predicted octanol–water partition coefficient (Wildman–Crippen LogP) is 7.74. The van der Waals surface area contributed by atoms with Gasteiger partial charge in [0.25, 0.3) is 0 Å². The van der Waals surface area contributed by atoms with Crippen molar-refractivity contribution in [2.45, 2.75) is 122 Å². The number of rotatable bonds is 13. The Morgan fingerprint density at radius 2 is 1.64 bits per heavy atom. The van der Waals surface area contributed by atoms with E-state index in [1.54, 1.807) is 5.56 Å². The highest BCUT2D eigenvalue weighted by atomic mass is 16.4. The van der Waals surface area contributed by atoms with E-state index in [9.17, 15) is 4.79 Å². The lowest BCUT2D eigenvalue weighted by atomic mass is 9.65. The Morgan fingerprint density at radius 3 is 2.29 bits per heavy atom. The maximum atomic E-state index is 10.8. The molecule has 1 aromatic rings. The van der Waals surface area contributed by atoms with E-state index in [1.165, 1.54) is 94.6 Å². The van der Waals surface area contributed by atoms with Crippen LogP contribution in [0.5, 0.6) is 0 Å². The van der Waals surface area contributed by atoms with Crippen molar-refractivity contribution in [2.75, 3.05) is 0 Å². The van der Waals surface area contributed by atoms with E-state index >= 15 is 0 Å². The summed E-state index contributed by atoms with van der Waals surface area (Å²) in [5.74, 6) is -0.691. The average Bonchev–Trinajstić information content (AvgIpc) is 2.68. The predicted molar refractivity (Wildman–Crippen MR) is 119 cm³/mol. The molecule has 0 aliphatic heterocycles. The molecule has 1 N–H and O–H groups in total. The molecule has 0 bridgehead atoms. The first kappa shape index (κ1) is 23.0. The van der Waals surface area contributed by atoms with Crippen LogP contribution >= 0.6 is 0 Å². The Morgan fingerprint density at radius 1 is 0.964 bits per heavy atom. The van der Waals surface area contributed by atoms with Gasteiger partial charge >= 0.3 is 5.97 Å². The molecule has 2 heteroatoms. The molecule has 158 valence electrons. The standard InChI is InChI=1S/C26H42O2/c1-3-4-5-6-7-8-10-18-26(19-11-9-12-20-26)24-17-16-23(21-22(24)2)14-13-15-25(27)28/h16-17,21H,3-15,18-20H2,1-2H3,(H,27,28). The van der Waals surface area contributed by atoms with Crippen molar-refractivity contribution in [1.82, 2.24) is 0 Å². The molecular weight excluding hydrogens is 344 g/mol. The molecule has 0 saturated heterocycles. The first-order chi connectivity index (χ1) is 13.6. The molecule has 1 fully saturated rings. The Kier molecular flexibility index (Phi) is 10.1. The third kappa shape index (κ3) is 7.26. The molecule has 0 amide bonds. The second-order valence-electron chi connectivity index (χ2n) is 9.11. The van der Waals surface area contributed by atoms with Crippen molar-refractivity contribution in [3.8, 4) is 0 Å². The molecule has 0 unspecified atom stereocenters. The normalized spacial score (nSPS) is 16.2. The summed E-state index contributed by atoms with van der Waals surface area (Å²) < 4.78 is 0. The van der Waals surface area contributed by atoms with Gasteiger partial charge in [-0.1, -0.05) is 89.3 Å². The van der Waals surface area contributed by atoms with Gasteiger partial charge in [0.05, 0.1) is 0 Å². The van der Waals surface area contributed by atoms with E-state index in [1.807, 2.05) is 0 Å². The second kappa shape index (κ2) is 12.3. The van der Waals surface area contributed by atoms with E-state index < -0.39 is 5.97 Å². The minimum absolute atomic E-state index is 0.267. The third-order valence-electron chi connectivity index (χ3n) is 6.79. The molecule has 2 rings (SSSR count). The van der Waals surface area contributed by atoms with Gasteiger partial charge in [0.1, 0.15) is 0 Å². The number of aliphatic carboxylic acids is 1. The van der Waals surface area contributed by atoms with Crippen molar-refractivity contribution in [1.29, 1.82) is 0 Å². The summed E-state index contributed by atoms with van der Waals surface area (Å²) in [7, 11) is 0. The maximum Gasteiger partial charge on any atom is 0.303 e. The van der Waals surface area contributed by atoms with Gasteiger partial charge in [-0.3, -0.25) is 4.79 Å². The monoisotopic (exact) mass is 386 g/mol. The van der Waals surface area contributed by atoms with Crippen LogP contribution in [0.15, 0.2) is 18.2 Å². The molecule has 1 aliphatic carbocycles. The zero-order valence-electron chi connectivity index (χ0n) is 18.4. The van der Waals surface area contributed by atoms with Crippen LogP contribution in [-0.2, 0) is 16.6 Å². The van der Waals surface area contributed by atoms with Crippen LogP contribution in [0.2, 0.25) is 0 Å². The van der Waals surface area contributed by atoms with E-state index in [0.717, 1.165) is 12.8 Å². The lowest BCUT2D eigenvalue weighted by Crippen LogP contribution is -2.30. The van der Waals surface area contributed by atoms with E-state index in [0.29, 0.717) is 5.41 Å². The summed E-state index contributed by atoms with van der Waals surface area (Å²) in [5.41, 5.74) is 4.70. The number of unbranched alkanes of at least 4 members (excludes halogenated alkanes) is 6. The molecule has 0 heterocycles. The minimum atomic E-state index is -0.691. The summed E-state index contributed by atoms with van der Waals surface area (Å²) in [6.07, 6.45) is 19.7. The van der Waals surface area contributed by atoms with Crippen LogP contribution in [0.3, 0.4) is 0 Å². The smallest absolute Gasteiger partial charge is 0.303 e. The van der Waals surface area contributed by atoms with Crippen LogP contribution in [0.4, 0.5) is 0 Å². The Balaban J connectivity index is 1.96. The molecular formula is C26H42O2. The highest BCUT2D eigenvalue weighted by Crippen LogP contribution is 2.44. The third-order valence-corrected chi connectivity index (χ3v) is 6.79. The van der Waals surface area contributed by atoms with Gasteiger partial charge in [-0.15, -0.1) is 0 Å². The molecule has 0 aromatic heterocycles. The molecule has 28 heavy (non-hydrogen) atoms. The highest BCUT2D eigenvalue weighted by Gasteiger charge is 2.34. The SMILES string of the molecule is CCCCCCCCCC1(c2ccc(CCCC(=O)O)cc2C)CCCCC1. The maximum absolute atomic E-state index is 10.8. The summed E-state index contributed by atoms with van der Waals surface area (Å²) in [6, 6.07) is 6.99. The average molecular weight is 387 g/mol. The molecule has 1 saturated carbocycles. The fourth-order valence-electron chi connectivity index (χ4n) is 5.22. The Labute approximate surface area is 173 Å². The van der Waals surface area contributed by atoms with Crippen LogP contribution in [0, 0.1) is 6.92 Å². The number of hydrogen-bond donors (Lipinski definition) is 1.